The molecule has 0 fully saturated rings. The molecular formula is C23H24BN5O3. The number of aromatic nitrogens is 3. The summed E-state index contributed by atoms with van der Waals surface area (Å²) in [5, 5.41) is 23.0. The van der Waals surface area contributed by atoms with Gasteiger partial charge in [0.15, 0.2) is 5.82 Å². The number of fused-ring (bicyclic) bond motifs is 1. The number of hydrogen-bond donors (Lipinski definition) is 5. The second-order valence-electron chi connectivity index (χ2n) is 7.80. The first kappa shape index (κ1) is 21.5. The first-order valence-corrected chi connectivity index (χ1v) is 10.2. The fraction of sp³-hybridized carbons (Fsp3) is 0.174. The van der Waals surface area contributed by atoms with E-state index < -0.39 is 13.0 Å². The minimum atomic E-state index is -1.51. The molecule has 2 heterocycles. The van der Waals surface area contributed by atoms with Crippen LogP contribution in [0, 0.1) is 20.8 Å². The molecule has 0 aliphatic carbocycles. The Bertz CT molecular complexity index is 1330. The van der Waals surface area contributed by atoms with Crippen molar-refractivity contribution < 1.29 is 14.8 Å². The van der Waals surface area contributed by atoms with Crippen LogP contribution in [0.15, 0.2) is 42.5 Å². The topological polar surface area (TPSA) is 137 Å². The van der Waals surface area contributed by atoms with Crippen LogP contribution in [0.3, 0.4) is 0 Å². The largest absolute Gasteiger partial charge is 0.488 e. The minimum absolute atomic E-state index is 0.421. The van der Waals surface area contributed by atoms with Crippen molar-refractivity contribution in [3.05, 3.63) is 70.5 Å². The standard InChI is InChI=1S/C23H24BN5O3/c1-12-13(2)28-23(19-14(3)27-20-17(19)8-5-9-18(20)21(25)30)29-22(12)26-11-15-6-4-7-16(10-15)24(31)32/h4-10,27,31-32H,11H2,1-3H3,(H2,25,30)(H,26,28,29). The van der Waals surface area contributed by atoms with Gasteiger partial charge in [0.2, 0.25) is 0 Å². The SMILES string of the molecule is Cc1nc(-c2c(C)[nH]c3c(C(N)=O)cccc23)nc(NCc2cccc(B(O)O)c2)c1C. The van der Waals surface area contributed by atoms with Gasteiger partial charge < -0.3 is 26.1 Å². The number of amides is 1. The Hall–Kier alpha value is -3.69. The van der Waals surface area contributed by atoms with Crippen LogP contribution in [-0.4, -0.2) is 38.0 Å². The number of carbonyl (C=O) groups excluding carboxylic acids is 1. The van der Waals surface area contributed by atoms with Gasteiger partial charge >= 0.3 is 7.12 Å². The highest BCUT2D eigenvalue weighted by Gasteiger charge is 2.19. The fourth-order valence-electron chi connectivity index (χ4n) is 3.80. The summed E-state index contributed by atoms with van der Waals surface area (Å²) in [5.41, 5.74) is 11.4. The van der Waals surface area contributed by atoms with Crippen molar-refractivity contribution in [3.8, 4) is 11.4 Å². The van der Waals surface area contributed by atoms with Gasteiger partial charge in [-0.3, -0.25) is 4.79 Å². The predicted molar refractivity (Wildman–Crippen MR) is 126 cm³/mol. The molecule has 6 N–H and O–H groups in total. The van der Waals surface area contributed by atoms with Gasteiger partial charge in [0.25, 0.3) is 5.91 Å². The summed E-state index contributed by atoms with van der Waals surface area (Å²) in [4.78, 5) is 24.6. The molecular weight excluding hydrogens is 405 g/mol. The van der Waals surface area contributed by atoms with E-state index in [2.05, 4.69) is 10.3 Å². The summed E-state index contributed by atoms with van der Waals surface area (Å²) >= 11 is 0. The molecule has 4 rings (SSSR count). The van der Waals surface area contributed by atoms with Crippen LogP contribution in [0.5, 0.6) is 0 Å². The van der Waals surface area contributed by atoms with Gasteiger partial charge in [-0.15, -0.1) is 0 Å². The number of hydrogen-bond acceptors (Lipinski definition) is 6. The Kier molecular flexibility index (Phi) is 5.69. The third-order valence-corrected chi connectivity index (χ3v) is 5.61. The number of para-hydroxylation sites is 1. The lowest BCUT2D eigenvalue weighted by molar-refractivity contribution is 0.100. The molecule has 0 aliphatic rings. The van der Waals surface area contributed by atoms with E-state index in [1.165, 1.54) is 0 Å². The maximum absolute atomic E-state index is 11.8. The molecule has 0 saturated heterocycles. The van der Waals surface area contributed by atoms with Crippen LogP contribution in [0.2, 0.25) is 0 Å². The molecule has 4 aromatic rings. The number of nitrogens with two attached hydrogens (primary N) is 1. The first-order chi connectivity index (χ1) is 15.3. The molecule has 0 radical (unpaired) electrons. The number of H-pyrrole nitrogens is 1. The number of nitrogens with one attached hydrogen (secondary N) is 2. The van der Waals surface area contributed by atoms with E-state index >= 15 is 0 Å². The van der Waals surface area contributed by atoms with E-state index in [0.29, 0.717) is 34.7 Å². The fourth-order valence-corrected chi connectivity index (χ4v) is 3.80. The van der Waals surface area contributed by atoms with Crippen LogP contribution in [0.1, 0.15) is 32.9 Å². The zero-order valence-electron chi connectivity index (χ0n) is 18.1. The molecule has 8 nitrogen and oxygen atoms in total. The van der Waals surface area contributed by atoms with Crippen molar-refractivity contribution in [1.29, 1.82) is 0 Å². The van der Waals surface area contributed by atoms with Gasteiger partial charge in [-0.25, -0.2) is 9.97 Å². The molecule has 0 spiro atoms. The number of rotatable bonds is 6. The number of aryl methyl sites for hydroxylation is 2. The molecule has 9 heteroatoms. The Morgan fingerprint density at radius 2 is 1.88 bits per heavy atom. The molecule has 0 unspecified atom stereocenters. The molecule has 32 heavy (non-hydrogen) atoms. The lowest BCUT2D eigenvalue weighted by atomic mass is 9.79. The zero-order valence-corrected chi connectivity index (χ0v) is 18.1. The Labute approximate surface area is 185 Å². The number of aromatic amines is 1. The summed E-state index contributed by atoms with van der Waals surface area (Å²) in [6.45, 7) is 6.24. The van der Waals surface area contributed by atoms with E-state index in [0.717, 1.165) is 33.5 Å². The molecule has 1 amide bonds. The van der Waals surface area contributed by atoms with Gasteiger partial charge in [-0.05, 0) is 37.9 Å². The smallest absolute Gasteiger partial charge is 0.423 e. The van der Waals surface area contributed by atoms with Crippen molar-refractivity contribution in [3.63, 3.8) is 0 Å². The number of nitrogens with zero attached hydrogens (tertiary/aromatic N) is 2. The lowest BCUT2D eigenvalue weighted by Crippen LogP contribution is -2.30. The molecule has 162 valence electrons. The maximum Gasteiger partial charge on any atom is 0.488 e. The highest BCUT2D eigenvalue weighted by molar-refractivity contribution is 6.58. The summed E-state index contributed by atoms with van der Waals surface area (Å²) in [6, 6.07) is 12.5. The van der Waals surface area contributed by atoms with Crippen molar-refractivity contribution in [2.75, 3.05) is 5.32 Å². The second-order valence-corrected chi connectivity index (χ2v) is 7.80. The maximum atomic E-state index is 11.8. The van der Waals surface area contributed by atoms with Crippen LogP contribution in [-0.2, 0) is 6.54 Å². The summed E-state index contributed by atoms with van der Waals surface area (Å²) in [7, 11) is -1.51. The second kappa shape index (κ2) is 8.45. The highest BCUT2D eigenvalue weighted by Crippen LogP contribution is 2.33. The van der Waals surface area contributed by atoms with E-state index in [1.807, 2.05) is 32.9 Å². The zero-order chi connectivity index (χ0) is 23.0. The van der Waals surface area contributed by atoms with Gasteiger partial charge in [0, 0.05) is 34.4 Å². The van der Waals surface area contributed by atoms with Crippen LogP contribution >= 0.6 is 0 Å². The van der Waals surface area contributed by atoms with Gasteiger partial charge in [-0.2, -0.15) is 0 Å². The van der Waals surface area contributed by atoms with E-state index in [9.17, 15) is 14.8 Å². The predicted octanol–water partition coefficient (Wildman–Crippen LogP) is 1.94. The average Bonchev–Trinajstić information content (AvgIpc) is 3.10. The molecule has 0 atom stereocenters. The Morgan fingerprint density at radius 3 is 2.59 bits per heavy atom. The number of primary amides is 1. The molecule has 2 aromatic heterocycles. The lowest BCUT2D eigenvalue weighted by Gasteiger charge is -2.13. The van der Waals surface area contributed by atoms with Gasteiger partial charge in [0.1, 0.15) is 5.82 Å². The number of benzene rings is 2. The van der Waals surface area contributed by atoms with E-state index in [1.54, 1.807) is 30.3 Å². The Morgan fingerprint density at radius 1 is 1.12 bits per heavy atom. The summed E-state index contributed by atoms with van der Waals surface area (Å²) in [5.74, 6) is 0.727. The van der Waals surface area contributed by atoms with E-state index in [-0.39, 0.29) is 0 Å². The number of anilines is 1. The quantitative estimate of drug-likeness (QED) is 0.297. The molecule has 2 aromatic carbocycles. The van der Waals surface area contributed by atoms with Crippen molar-refractivity contribution in [2.24, 2.45) is 5.73 Å². The summed E-state index contributed by atoms with van der Waals surface area (Å²) < 4.78 is 0. The van der Waals surface area contributed by atoms with Crippen molar-refractivity contribution in [2.45, 2.75) is 27.3 Å². The third-order valence-electron chi connectivity index (χ3n) is 5.61. The normalized spacial score (nSPS) is 11.0. The molecule has 0 saturated carbocycles. The minimum Gasteiger partial charge on any atom is -0.423 e. The molecule has 0 aliphatic heterocycles. The average molecular weight is 429 g/mol. The third kappa shape index (κ3) is 3.95. The van der Waals surface area contributed by atoms with Crippen LogP contribution in [0.25, 0.3) is 22.3 Å². The van der Waals surface area contributed by atoms with Gasteiger partial charge in [-0.1, -0.05) is 36.4 Å². The van der Waals surface area contributed by atoms with Crippen LogP contribution in [0.4, 0.5) is 5.82 Å². The van der Waals surface area contributed by atoms with Crippen molar-refractivity contribution >= 4 is 35.2 Å². The number of carbonyl (C=O) groups is 1. The van der Waals surface area contributed by atoms with E-state index in [4.69, 9.17) is 15.7 Å². The van der Waals surface area contributed by atoms with Crippen LogP contribution < -0.4 is 16.5 Å². The first-order valence-electron chi connectivity index (χ1n) is 10.2. The summed E-state index contributed by atoms with van der Waals surface area (Å²) in [6.07, 6.45) is 0. The highest BCUT2D eigenvalue weighted by atomic mass is 16.4. The Balaban J connectivity index is 1.74. The monoisotopic (exact) mass is 429 g/mol. The van der Waals surface area contributed by atoms with Crippen molar-refractivity contribution in [1.82, 2.24) is 15.0 Å². The molecule has 0 bridgehead atoms. The van der Waals surface area contributed by atoms with Gasteiger partial charge in [0.05, 0.1) is 11.1 Å².